The predicted molar refractivity (Wildman–Crippen MR) is 70.7 cm³/mol. The summed E-state index contributed by atoms with van der Waals surface area (Å²) in [6.07, 6.45) is 6.46. The molecule has 1 aliphatic rings. The van der Waals surface area contributed by atoms with Gasteiger partial charge in [0.1, 0.15) is 0 Å². The number of hydrogen-bond donors (Lipinski definition) is 2. The van der Waals surface area contributed by atoms with Crippen LogP contribution in [-0.2, 0) is 4.79 Å². The van der Waals surface area contributed by atoms with Crippen LogP contribution in [0.2, 0.25) is 0 Å². The molecule has 1 unspecified atom stereocenters. The van der Waals surface area contributed by atoms with Gasteiger partial charge >= 0.3 is 0 Å². The van der Waals surface area contributed by atoms with E-state index in [9.17, 15) is 4.79 Å². The van der Waals surface area contributed by atoms with E-state index in [2.05, 4.69) is 24.2 Å². The van der Waals surface area contributed by atoms with Crippen LogP contribution >= 0.6 is 0 Å². The van der Waals surface area contributed by atoms with Crippen LogP contribution in [-0.4, -0.2) is 43.5 Å². The zero-order valence-electron chi connectivity index (χ0n) is 11.4. The molecule has 0 radical (unpaired) electrons. The molecule has 1 fully saturated rings. The monoisotopic (exact) mass is 241 g/mol. The van der Waals surface area contributed by atoms with E-state index in [1.54, 1.807) is 7.05 Å². The molecule has 1 rings (SSSR count). The maximum atomic E-state index is 11.2. The summed E-state index contributed by atoms with van der Waals surface area (Å²) in [5, 5.41) is 2.98. The lowest BCUT2D eigenvalue weighted by Gasteiger charge is -2.35. The summed E-state index contributed by atoms with van der Waals surface area (Å²) < 4.78 is 0. The molecule has 0 aromatic carbocycles. The highest BCUT2D eigenvalue weighted by atomic mass is 16.1. The molecular weight excluding hydrogens is 214 g/mol. The van der Waals surface area contributed by atoms with E-state index in [0.29, 0.717) is 12.6 Å². The van der Waals surface area contributed by atoms with Gasteiger partial charge in [0.15, 0.2) is 0 Å². The standard InChI is InChI=1S/C13H27N3O/c1-4-10-5-7-11(8-6-10)16(3)9-12(15-2)13(14)17/h10-12,15H,4-9H2,1-3H3,(H2,14,17). The van der Waals surface area contributed by atoms with Crippen LogP contribution < -0.4 is 11.1 Å². The Morgan fingerprint density at radius 3 is 2.41 bits per heavy atom. The van der Waals surface area contributed by atoms with Crippen molar-refractivity contribution < 1.29 is 4.79 Å². The van der Waals surface area contributed by atoms with Gasteiger partial charge < -0.3 is 16.0 Å². The molecule has 0 aliphatic heterocycles. The number of carbonyl (C=O) groups is 1. The second-order valence-corrected chi connectivity index (χ2v) is 5.27. The van der Waals surface area contributed by atoms with Crippen molar-refractivity contribution in [2.45, 2.75) is 51.1 Å². The molecule has 4 nitrogen and oxygen atoms in total. The minimum absolute atomic E-state index is 0.233. The molecule has 0 aromatic rings. The number of amides is 1. The van der Waals surface area contributed by atoms with Crippen molar-refractivity contribution in [1.29, 1.82) is 0 Å². The first-order valence-electron chi connectivity index (χ1n) is 6.75. The molecule has 0 aromatic heterocycles. The van der Waals surface area contributed by atoms with Gasteiger partial charge in [0.2, 0.25) is 5.91 Å². The number of nitrogens with zero attached hydrogens (tertiary/aromatic N) is 1. The van der Waals surface area contributed by atoms with E-state index in [1.165, 1.54) is 32.1 Å². The van der Waals surface area contributed by atoms with Crippen molar-refractivity contribution in [3.63, 3.8) is 0 Å². The molecular formula is C13H27N3O. The lowest BCUT2D eigenvalue weighted by atomic mass is 9.84. The fourth-order valence-electron chi connectivity index (χ4n) is 2.75. The van der Waals surface area contributed by atoms with E-state index in [0.717, 1.165) is 5.92 Å². The molecule has 100 valence electrons. The highest BCUT2D eigenvalue weighted by Crippen LogP contribution is 2.28. The number of hydrogen-bond acceptors (Lipinski definition) is 3. The van der Waals surface area contributed by atoms with Gasteiger partial charge in [0.25, 0.3) is 0 Å². The van der Waals surface area contributed by atoms with Gasteiger partial charge in [-0.05, 0) is 45.7 Å². The van der Waals surface area contributed by atoms with E-state index in [1.807, 2.05) is 0 Å². The second-order valence-electron chi connectivity index (χ2n) is 5.27. The molecule has 0 heterocycles. The van der Waals surface area contributed by atoms with Crippen LogP contribution in [0, 0.1) is 5.92 Å². The van der Waals surface area contributed by atoms with Gasteiger partial charge in [-0.1, -0.05) is 13.3 Å². The van der Waals surface area contributed by atoms with Gasteiger partial charge in [-0.25, -0.2) is 0 Å². The van der Waals surface area contributed by atoms with Crippen molar-refractivity contribution in [2.24, 2.45) is 11.7 Å². The number of rotatable bonds is 6. The third-order valence-electron chi connectivity index (χ3n) is 4.18. The second kappa shape index (κ2) is 6.97. The maximum absolute atomic E-state index is 11.2. The van der Waals surface area contributed by atoms with Crippen LogP contribution in [0.5, 0.6) is 0 Å². The van der Waals surface area contributed by atoms with Gasteiger partial charge in [0, 0.05) is 12.6 Å². The minimum Gasteiger partial charge on any atom is -0.368 e. The van der Waals surface area contributed by atoms with Gasteiger partial charge in [-0.2, -0.15) is 0 Å². The zero-order valence-corrected chi connectivity index (χ0v) is 11.4. The number of primary amides is 1. The fourth-order valence-corrected chi connectivity index (χ4v) is 2.75. The largest absolute Gasteiger partial charge is 0.368 e. The smallest absolute Gasteiger partial charge is 0.235 e. The van der Waals surface area contributed by atoms with Crippen molar-refractivity contribution in [3.05, 3.63) is 0 Å². The molecule has 3 N–H and O–H groups in total. The van der Waals surface area contributed by atoms with Crippen molar-refractivity contribution in [1.82, 2.24) is 10.2 Å². The Morgan fingerprint density at radius 2 is 2.00 bits per heavy atom. The zero-order chi connectivity index (χ0) is 12.8. The number of likely N-dealkylation sites (N-methyl/N-ethyl adjacent to an activating group) is 2. The molecule has 1 amide bonds. The summed E-state index contributed by atoms with van der Waals surface area (Å²) in [5.74, 6) is 0.650. The van der Waals surface area contributed by atoms with Crippen molar-refractivity contribution in [2.75, 3.05) is 20.6 Å². The topological polar surface area (TPSA) is 58.4 Å². The SMILES string of the molecule is CCC1CCC(N(C)CC(NC)C(N)=O)CC1. The van der Waals surface area contributed by atoms with Crippen LogP contribution in [0.1, 0.15) is 39.0 Å². The highest BCUT2D eigenvalue weighted by molar-refractivity contribution is 5.80. The Balaban J connectivity index is 2.38. The third-order valence-corrected chi connectivity index (χ3v) is 4.18. The Kier molecular flexibility index (Phi) is 5.92. The molecule has 0 spiro atoms. The summed E-state index contributed by atoms with van der Waals surface area (Å²) in [4.78, 5) is 13.5. The molecule has 17 heavy (non-hydrogen) atoms. The van der Waals surface area contributed by atoms with E-state index < -0.39 is 0 Å². The van der Waals surface area contributed by atoms with Crippen LogP contribution in [0.4, 0.5) is 0 Å². The molecule has 1 aliphatic carbocycles. The molecule has 1 saturated carbocycles. The van der Waals surface area contributed by atoms with E-state index in [4.69, 9.17) is 5.73 Å². The normalized spacial score (nSPS) is 27.1. The molecule has 0 saturated heterocycles. The Hall–Kier alpha value is -0.610. The minimum atomic E-state index is -0.262. The average molecular weight is 241 g/mol. The maximum Gasteiger partial charge on any atom is 0.235 e. The van der Waals surface area contributed by atoms with Crippen LogP contribution in [0.25, 0.3) is 0 Å². The summed E-state index contributed by atoms with van der Waals surface area (Å²) in [6.45, 7) is 2.99. The molecule has 1 atom stereocenters. The first-order chi connectivity index (χ1) is 8.08. The highest BCUT2D eigenvalue weighted by Gasteiger charge is 2.25. The Bertz CT molecular complexity index is 237. The molecule has 0 bridgehead atoms. The van der Waals surface area contributed by atoms with Crippen molar-refractivity contribution >= 4 is 5.91 Å². The number of carbonyl (C=O) groups excluding carboxylic acids is 1. The number of nitrogens with one attached hydrogen (secondary N) is 1. The van der Waals surface area contributed by atoms with Crippen LogP contribution in [0.15, 0.2) is 0 Å². The number of nitrogens with two attached hydrogens (primary N) is 1. The lowest BCUT2D eigenvalue weighted by Crippen LogP contribution is -2.49. The quantitative estimate of drug-likeness (QED) is 0.728. The van der Waals surface area contributed by atoms with Gasteiger partial charge in [0.05, 0.1) is 6.04 Å². The summed E-state index contributed by atoms with van der Waals surface area (Å²) in [7, 11) is 3.89. The van der Waals surface area contributed by atoms with Crippen molar-refractivity contribution in [3.8, 4) is 0 Å². The first kappa shape index (κ1) is 14.5. The summed E-state index contributed by atoms with van der Waals surface area (Å²) in [5.41, 5.74) is 5.34. The van der Waals surface area contributed by atoms with Crippen LogP contribution in [0.3, 0.4) is 0 Å². The Morgan fingerprint density at radius 1 is 1.41 bits per heavy atom. The lowest BCUT2D eigenvalue weighted by molar-refractivity contribution is -0.120. The van der Waals surface area contributed by atoms with Gasteiger partial charge in [-0.15, -0.1) is 0 Å². The Labute approximate surface area is 105 Å². The third kappa shape index (κ3) is 4.28. The van der Waals surface area contributed by atoms with E-state index in [-0.39, 0.29) is 11.9 Å². The fraction of sp³-hybridized carbons (Fsp3) is 0.923. The first-order valence-corrected chi connectivity index (χ1v) is 6.75. The average Bonchev–Trinajstić information content (AvgIpc) is 2.35. The summed E-state index contributed by atoms with van der Waals surface area (Å²) in [6, 6.07) is 0.386. The molecule has 4 heteroatoms. The summed E-state index contributed by atoms with van der Waals surface area (Å²) >= 11 is 0. The predicted octanol–water partition coefficient (Wildman–Crippen LogP) is 0.960. The van der Waals surface area contributed by atoms with Gasteiger partial charge in [-0.3, -0.25) is 4.79 Å². The van der Waals surface area contributed by atoms with E-state index >= 15 is 0 Å².